The molecule has 0 aliphatic heterocycles. The van der Waals surface area contributed by atoms with Gasteiger partial charge in [-0.3, -0.25) is 4.18 Å². The Morgan fingerprint density at radius 1 is 0.372 bits per heavy atom. The second-order valence-electron chi connectivity index (χ2n) is 13.6. The molecule has 43 heavy (non-hydrogen) atoms. The summed E-state index contributed by atoms with van der Waals surface area (Å²) < 4.78 is 35.5. The van der Waals surface area contributed by atoms with Crippen molar-refractivity contribution in [3.8, 4) is 0 Å². The first-order valence-corrected chi connectivity index (χ1v) is 20.8. The first-order valence-electron chi connectivity index (χ1n) is 19.5. The summed E-state index contributed by atoms with van der Waals surface area (Å²) >= 11 is 0. The summed E-state index contributed by atoms with van der Waals surface area (Å²) in [5, 5.41) is 0. The third-order valence-corrected chi connectivity index (χ3v) is 10.4. The predicted octanol–water partition coefficient (Wildman–Crippen LogP) is 13.6. The van der Waals surface area contributed by atoms with Crippen LogP contribution in [0.3, 0.4) is 0 Å². The van der Waals surface area contributed by atoms with E-state index in [0.717, 1.165) is 44.9 Å². The van der Waals surface area contributed by atoms with Crippen molar-refractivity contribution >= 4 is 10.4 Å². The Labute approximate surface area is 272 Å². The molecule has 0 fully saturated rings. The van der Waals surface area contributed by atoms with Crippen LogP contribution in [0.1, 0.15) is 233 Å². The van der Waals surface area contributed by atoms with E-state index in [0.29, 0.717) is 0 Å². The van der Waals surface area contributed by atoms with Gasteiger partial charge in [-0.1, -0.05) is 213 Å². The third kappa shape index (κ3) is 29.0. The van der Waals surface area contributed by atoms with Crippen LogP contribution < -0.4 is 0 Å². The molecule has 0 N–H and O–H groups in total. The Morgan fingerprint density at radius 2 is 0.605 bits per heavy atom. The fraction of sp³-hybridized carbons (Fsp3) is 1.00. The van der Waals surface area contributed by atoms with Crippen LogP contribution in [0.5, 0.6) is 0 Å². The highest BCUT2D eigenvalue weighted by Crippen LogP contribution is 2.34. The number of unbranched alkanes of at least 4 members (excludes halogenated alkanes) is 27. The van der Waals surface area contributed by atoms with Crippen molar-refractivity contribution in [2.45, 2.75) is 238 Å². The van der Waals surface area contributed by atoms with Crippen LogP contribution in [0.15, 0.2) is 0 Å². The third-order valence-electron chi connectivity index (χ3n) is 9.44. The second kappa shape index (κ2) is 31.8. The molecule has 0 aliphatic rings. The Bertz CT molecular complexity index is 616. The van der Waals surface area contributed by atoms with Crippen LogP contribution in [0.2, 0.25) is 0 Å². The number of hydrogen-bond acceptors (Lipinski definition) is 4. The summed E-state index contributed by atoms with van der Waals surface area (Å²) in [7, 11) is -2.73. The molecule has 4 nitrogen and oxygen atoms in total. The molecule has 0 aliphatic carbocycles. The lowest BCUT2D eigenvalue weighted by molar-refractivity contribution is 0.0258. The van der Waals surface area contributed by atoms with Crippen LogP contribution in [-0.4, -0.2) is 21.1 Å². The highest BCUT2D eigenvalue weighted by Gasteiger charge is 2.35. The topological polar surface area (TPSA) is 52.6 Å². The van der Waals surface area contributed by atoms with Gasteiger partial charge < -0.3 is 0 Å². The van der Waals surface area contributed by atoms with Gasteiger partial charge in [-0.2, -0.15) is 8.42 Å². The Morgan fingerprint density at radius 3 is 0.860 bits per heavy atom. The minimum Gasteiger partial charge on any atom is -0.252 e. The molecule has 0 saturated carbocycles. The smallest absolute Gasteiger partial charge is 0.252 e. The molecule has 0 aromatic heterocycles. The molecule has 0 radical (unpaired) electrons. The lowest BCUT2D eigenvalue weighted by Crippen LogP contribution is -2.36. The lowest BCUT2D eigenvalue weighted by atomic mass is 9.85. The van der Waals surface area contributed by atoms with Crippen molar-refractivity contribution in [3.63, 3.8) is 0 Å². The average Bonchev–Trinajstić information content (AvgIpc) is 3.00. The van der Waals surface area contributed by atoms with Crippen molar-refractivity contribution in [1.29, 1.82) is 0 Å². The zero-order valence-electron chi connectivity index (χ0n) is 29.9. The molecule has 0 spiro atoms. The Hall–Kier alpha value is -0.130. The fourth-order valence-electron chi connectivity index (χ4n) is 6.53. The summed E-state index contributed by atoms with van der Waals surface area (Å²) in [6.45, 7) is 6.74. The maximum absolute atomic E-state index is 12.4. The van der Waals surface area contributed by atoms with E-state index in [9.17, 15) is 8.42 Å². The van der Waals surface area contributed by atoms with E-state index < -0.39 is 16.0 Å². The lowest BCUT2D eigenvalue weighted by Gasteiger charge is -2.33. The molecule has 260 valence electrons. The van der Waals surface area contributed by atoms with E-state index in [2.05, 4.69) is 20.8 Å². The van der Waals surface area contributed by atoms with E-state index >= 15 is 0 Å². The van der Waals surface area contributed by atoms with Gasteiger partial charge in [0, 0.05) is 0 Å². The van der Waals surface area contributed by atoms with Crippen molar-refractivity contribution in [2.75, 3.05) is 7.11 Å². The average molecular weight is 631 g/mol. The van der Waals surface area contributed by atoms with E-state index in [1.54, 1.807) is 0 Å². The summed E-state index contributed by atoms with van der Waals surface area (Å²) in [5.41, 5.74) is -0.598. The van der Waals surface area contributed by atoms with Crippen LogP contribution in [-0.2, 0) is 18.8 Å². The monoisotopic (exact) mass is 631 g/mol. The summed E-state index contributed by atoms with van der Waals surface area (Å²) in [6.07, 6.45) is 41.8. The highest BCUT2D eigenvalue weighted by atomic mass is 32.3. The SMILES string of the molecule is CCCCCCCCCCCCCCCCC(CCCC)(CCCCCCCCCCCCCCCC)OS(=O)(=O)OC. The van der Waals surface area contributed by atoms with E-state index in [1.165, 1.54) is 174 Å². The summed E-state index contributed by atoms with van der Waals surface area (Å²) in [4.78, 5) is 0. The fourth-order valence-corrected chi connectivity index (χ4v) is 7.28. The standard InChI is InChI=1S/C38H78O4S/c1-5-8-11-13-15-17-19-21-23-25-27-29-31-33-36-38(35-10-7-3,42-43(39,40)41-4)37-34-32-30-28-26-24-22-20-18-16-14-12-9-6-2/h5-37H2,1-4H3. The maximum Gasteiger partial charge on any atom is 0.400 e. The minimum atomic E-state index is -3.95. The number of rotatable bonds is 36. The molecular formula is C38H78O4S. The first-order chi connectivity index (χ1) is 20.9. The molecule has 0 saturated heterocycles. The number of hydrogen-bond donors (Lipinski definition) is 0. The molecule has 0 aromatic rings. The van der Waals surface area contributed by atoms with Gasteiger partial charge in [0.2, 0.25) is 0 Å². The van der Waals surface area contributed by atoms with Crippen molar-refractivity contribution < 1.29 is 16.8 Å². The Kier molecular flexibility index (Phi) is 31.7. The van der Waals surface area contributed by atoms with Crippen molar-refractivity contribution in [2.24, 2.45) is 0 Å². The van der Waals surface area contributed by atoms with Crippen LogP contribution in [0.4, 0.5) is 0 Å². The Balaban J connectivity index is 4.26. The van der Waals surface area contributed by atoms with Gasteiger partial charge in [0.15, 0.2) is 0 Å². The van der Waals surface area contributed by atoms with Crippen LogP contribution in [0.25, 0.3) is 0 Å². The zero-order chi connectivity index (χ0) is 31.7. The summed E-state index contributed by atoms with van der Waals surface area (Å²) in [5.74, 6) is 0. The van der Waals surface area contributed by atoms with Gasteiger partial charge >= 0.3 is 10.4 Å². The molecule has 0 bridgehead atoms. The van der Waals surface area contributed by atoms with Gasteiger partial charge in [-0.25, -0.2) is 4.18 Å². The van der Waals surface area contributed by atoms with E-state index in [-0.39, 0.29) is 0 Å². The minimum absolute atomic E-state index is 0.598. The molecular weight excluding hydrogens is 552 g/mol. The largest absolute Gasteiger partial charge is 0.400 e. The molecule has 0 heterocycles. The molecule has 0 rings (SSSR count). The van der Waals surface area contributed by atoms with E-state index in [1.807, 2.05) is 0 Å². The quantitative estimate of drug-likeness (QED) is 0.0646. The van der Waals surface area contributed by atoms with Gasteiger partial charge in [0.05, 0.1) is 12.7 Å². The highest BCUT2D eigenvalue weighted by molar-refractivity contribution is 7.81. The zero-order valence-corrected chi connectivity index (χ0v) is 30.7. The maximum atomic E-state index is 12.4. The molecule has 0 aromatic carbocycles. The van der Waals surface area contributed by atoms with Crippen molar-refractivity contribution in [1.82, 2.24) is 0 Å². The van der Waals surface area contributed by atoms with Gasteiger partial charge in [-0.15, -0.1) is 0 Å². The van der Waals surface area contributed by atoms with Crippen molar-refractivity contribution in [3.05, 3.63) is 0 Å². The molecule has 0 amide bonds. The van der Waals surface area contributed by atoms with Gasteiger partial charge in [0.25, 0.3) is 0 Å². The van der Waals surface area contributed by atoms with Gasteiger partial charge in [-0.05, 0) is 19.3 Å². The van der Waals surface area contributed by atoms with Gasteiger partial charge in [0.1, 0.15) is 0 Å². The van der Waals surface area contributed by atoms with Crippen LogP contribution in [0, 0.1) is 0 Å². The second-order valence-corrected chi connectivity index (χ2v) is 15.0. The molecule has 0 atom stereocenters. The summed E-state index contributed by atoms with van der Waals surface area (Å²) in [6, 6.07) is 0. The predicted molar refractivity (Wildman–Crippen MR) is 189 cm³/mol. The normalized spacial score (nSPS) is 12.4. The molecule has 5 heteroatoms. The first kappa shape index (κ1) is 42.9. The molecule has 0 unspecified atom stereocenters. The van der Waals surface area contributed by atoms with E-state index in [4.69, 9.17) is 8.37 Å². The van der Waals surface area contributed by atoms with Crippen LogP contribution >= 0.6 is 0 Å².